The summed E-state index contributed by atoms with van der Waals surface area (Å²) in [5, 5.41) is 0.703. The first-order chi connectivity index (χ1) is 12.8. The van der Waals surface area contributed by atoms with Gasteiger partial charge in [0.15, 0.2) is 6.61 Å². The Kier molecular flexibility index (Phi) is 4.83. The fraction of sp³-hybridized carbons (Fsp3) is 0.619. The second kappa shape index (κ2) is 7.01. The molecule has 0 atom stereocenters. The molecule has 2 N–H and O–H groups in total. The predicted molar refractivity (Wildman–Crippen MR) is 103 cm³/mol. The fourth-order valence-electron chi connectivity index (χ4n) is 5.82. The molecule has 27 heavy (non-hydrogen) atoms. The number of benzene rings is 1. The lowest BCUT2D eigenvalue weighted by atomic mass is 9.49. The van der Waals surface area contributed by atoms with E-state index in [1.54, 1.807) is 12.1 Å². The van der Waals surface area contributed by atoms with Crippen molar-refractivity contribution in [1.82, 2.24) is 10.9 Å². The van der Waals surface area contributed by atoms with Crippen LogP contribution in [0.3, 0.4) is 0 Å². The number of nitrogens with one attached hydrogen (secondary N) is 2. The first-order valence-electron chi connectivity index (χ1n) is 9.83. The van der Waals surface area contributed by atoms with Crippen molar-refractivity contribution in [3.63, 3.8) is 0 Å². The zero-order valence-corrected chi connectivity index (χ0v) is 16.7. The van der Waals surface area contributed by atoms with Crippen LogP contribution in [-0.2, 0) is 9.59 Å². The monoisotopic (exact) mass is 390 g/mol. The minimum Gasteiger partial charge on any atom is -0.484 e. The molecule has 1 aromatic carbocycles. The van der Waals surface area contributed by atoms with Gasteiger partial charge in [-0.2, -0.15) is 0 Å². The van der Waals surface area contributed by atoms with Gasteiger partial charge in [0.05, 0.1) is 5.41 Å². The summed E-state index contributed by atoms with van der Waals surface area (Å²) in [6.07, 6.45) is 6.77. The Labute approximate surface area is 165 Å². The Morgan fingerprint density at radius 1 is 1.04 bits per heavy atom. The fourth-order valence-corrected chi connectivity index (χ4v) is 5.93. The number of halogens is 1. The summed E-state index contributed by atoms with van der Waals surface area (Å²) < 4.78 is 5.54. The third-order valence-corrected chi connectivity index (χ3v) is 7.21. The summed E-state index contributed by atoms with van der Waals surface area (Å²) in [6, 6.07) is 3.60. The van der Waals surface area contributed by atoms with E-state index in [1.165, 1.54) is 19.3 Å². The first kappa shape index (κ1) is 18.6. The highest BCUT2D eigenvalue weighted by atomic mass is 35.5. The van der Waals surface area contributed by atoms with Crippen molar-refractivity contribution in [2.75, 3.05) is 6.61 Å². The Bertz CT molecular complexity index is 718. The molecule has 2 amide bonds. The van der Waals surface area contributed by atoms with Gasteiger partial charge in [-0.3, -0.25) is 20.4 Å². The summed E-state index contributed by atoms with van der Waals surface area (Å²) in [7, 11) is 0. The Hall–Kier alpha value is -1.75. The molecule has 4 aliphatic carbocycles. The number of hydrogen-bond acceptors (Lipinski definition) is 3. The van der Waals surface area contributed by atoms with Crippen molar-refractivity contribution in [2.24, 2.45) is 23.2 Å². The molecule has 4 saturated carbocycles. The lowest BCUT2D eigenvalue weighted by molar-refractivity contribution is -0.149. The SMILES string of the molecule is Cc1cc(OCC(=O)NNC(=O)C23CC4CC(CC(C4)C2)C3)cc(C)c1Cl. The zero-order valence-electron chi connectivity index (χ0n) is 15.9. The molecule has 4 aliphatic rings. The van der Waals surface area contributed by atoms with Crippen LogP contribution in [0.1, 0.15) is 49.7 Å². The van der Waals surface area contributed by atoms with Crippen LogP contribution in [-0.4, -0.2) is 18.4 Å². The van der Waals surface area contributed by atoms with E-state index in [0.29, 0.717) is 28.5 Å². The Morgan fingerprint density at radius 3 is 2.07 bits per heavy atom. The molecular weight excluding hydrogens is 364 g/mol. The van der Waals surface area contributed by atoms with Crippen molar-refractivity contribution in [3.05, 3.63) is 28.3 Å². The molecule has 0 aliphatic heterocycles. The third kappa shape index (κ3) is 3.66. The maximum atomic E-state index is 12.8. The molecule has 146 valence electrons. The van der Waals surface area contributed by atoms with Crippen LogP contribution in [0.5, 0.6) is 5.75 Å². The summed E-state index contributed by atoms with van der Waals surface area (Å²) >= 11 is 6.14. The van der Waals surface area contributed by atoms with Gasteiger partial charge in [0.25, 0.3) is 5.91 Å². The third-order valence-electron chi connectivity index (χ3n) is 6.62. The maximum Gasteiger partial charge on any atom is 0.276 e. The molecule has 0 saturated heterocycles. The van der Waals surface area contributed by atoms with Gasteiger partial charge in [0.1, 0.15) is 5.75 Å². The second-order valence-electron chi connectivity index (χ2n) is 8.86. The predicted octanol–water partition coefficient (Wildman–Crippen LogP) is 3.70. The van der Waals surface area contributed by atoms with Gasteiger partial charge in [-0.1, -0.05) is 11.6 Å². The molecule has 0 spiro atoms. The maximum absolute atomic E-state index is 12.8. The van der Waals surface area contributed by atoms with Crippen molar-refractivity contribution < 1.29 is 14.3 Å². The van der Waals surface area contributed by atoms with Gasteiger partial charge in [-0.25, -0.2) is 0 Å². The number of aryl methyl sites for hydroxylation is 2. The molecule has 0 unspecified atom stereocenters. The molecule has 5 rings (SSSR count). The van der Waals surface area contributed by atoms with E-state index in [9.17, 15) is 9.59 Å². The van der Waals surface area contributed by atoms with Crippen molar-refractivity contribution in [1.29, 1.82) is 0 Å². The van der Waals surface area contributed by atoms with Gasteiger partial charge in [-0.15, -0.1) is 0 Å². The van der Waals surface area contributed by atoms with E-state index in [4.69, 9.17) is 16.3 Å². The Morgan fingerprint density at radius 2 is 1.56 bits per heavy atom. The average molecular weight is 391 g/mol. The molecule has 1 aromatic rings. The number of hydrazine groups is 1. The van der Waals surface area contributed by atoms with E-state index >= 15 is 0 Å². The standard InChI is InChI=1S/C21H27ClN2O3/c1-12-3-17(4-13(2)19(12)22)27-11-18(25)23-24-20(26)21-8-14-5-15(9-21)7-16(6-14)10-21/h3-4,14-16H,5-11H2,1-2H3,(H,23,25)(H,24,26). The molecular formula is C21H27ClN2O3. The summed E-state index contributed by atoms with van der Waals surface area (Å²) in [6.45, 7) is 3.64. The molecule has 0 radical (unpaired) electrons. The van der Waals surface area contributed by atoms with E-state index < -0.39 is 0 Å². The molecule has 4 bridgehead atoms. The van der Waals surface area contributed by atoms with Crippen LogP contribution >= 0.6 is 11.6 Å². The van der Waals surface area contributed by atoms with Crippen LogP contribution in [0, 0.1) is 37.0 Å². The Balaban J connectivity index is 1.29. The number of ether oxygens (including phenoxy) is 1. The first-order valence-corrected chi connectivity index (χ1v) is 10.2. The average Bonchev–Trinajstić information content (AvgIpc) is 2.61. The number of rotatable bonds is 4. The smallest absolute Gasteiger partial charge is 0.276 e. The largest absolute Gasteiger partial charge is 0.484 e. The minimum absolute atomic E-state index is 0.0202. The number of carbonyl (C=O) groups excluding carboxylic acids is 2. The van der Waals surface area contributed by atoms with Gasteiger partial charge in [-0.05, 0) is 93.4 Å². The number of hydrogen-bond donors (Lipinski definition) is 2. The second-order valence-corrected chi connectivity index (χ2v) is 9.24. The van der Waals surface area contributed by atoms with Crippen molar-refractivity contribution in [2.45, 2.75) is 52.4 Å². The van der Waals surface area contributed by atoms with Gasteiger partial charge in [0.2, 0.25) is 5.91 Å². The summed E-state index contributed by atoms with van der Waals surface area (Å²) in [4.78, 5) is 24.9. The minimum atomic E-state index is -0.363. The van der Waals surface area contributed by atoms with Crippen molar-refractivity contribution >= 4 is 23.4 Å². The van der Waals surface area contributed by atoms with Crippen LogP contribution in [0.4, 0.5) is 0 Å². The molecule has 4 fully saturated rings. The highest BCUT2D eigenvalue weighted by molar-refractivity contribution is 6.32. The topological polar surface area (TPSA) is 67.4 Å². The normalized spacial score (nSPS) is 30.9. The summed E-state index contributed by atoms with van der Waals surface area (Å²) in [5.74, 6) is 2.29. The quantitative estimate of drug-likeness (QED) is 0.770. The zero-order chi connectivity index (χ0) is 19.2. The number of amides is 2. The van der Waals surface area contributed by atoms with Crippen LogP contribution in [0.2, 0.25) is 5.02 Å². The number of carbonyl (C=O) groups is 2. The lowest BCUT2D eigenvalue weighted by Gasteiger charge is -2.55. The van der Waals surface area contributed by atoms with Gasteiger partial charge < -0.3 is 4.74 Å². The lowest BCUT2D eigenvalue weighted by Crippen LogP contribution is -2.57. The highest BCUT2D eigenvalue weighted by Gasteiger charge is 2.54. The van der Waals surface area contributed by atoms with Gasteiger partial charge in [0, 0.05) is 5.02 Å². The van der Waals surface area contributed by atoms with E-state index in [2.05, 4.69) is 10.9 Å². The summed E-state index contributed by atoms with van der Waals surface area (Å²) in [5.41, 5.74) is 6.74. The van der Waals surface area contributed by atoms with E-state index in [-0.39, 0.29) is 23.8 Å². The van der Waals surface area contributed by atoms with Crippen LogP contribution < -0.4 is 15.6 Å². The van der Waals surface area contributed by atoms with Gasteiger partial charge >= 0.3 is 0 Å². The molecule has 6 heteroatoms. The highest BCUT2D eigenvalue weighted by Crippen LogP contribution is 2.60. The molecule has 0 aromatic heterocycles. The van der Waals surface area contributed by atoms with Crippen LogP contribution in [0.25, 0.3) is 0 Å². The van der Waals surface area contributed by atoms with E-state index in [1.807, 2.05) is 13.8 Å². The van der Waals surface area contributed by atoms with E-state index in [0.717, 1.165) is 30.4 Å². The molecule has 0 heterocycles. The van der Waals surface area contributed by atoms with Crippen LogP contribution in [0.15, 0.2) is 12.1 Å². The molecule has 5 nitrogen and oxygen atoms in total. The van der Waals surface area contributed by atoms with Crippen molar-refractivity contribution in [3.8, 4) is 5.75 Å².